The van der Waals surface area contributed by atoms with E-state index in [1.165, 1.54) is 6.92 Å². The summed E-state index contributed by atoms with van der Waals surface area (Å²) in [5.74, 6) is -1.69. The predicted octanol–water partition coefficient (Wildman–Crippen LogP) is 3.36. The molecule has 2 aromatic carbocycles. The SMILES string of the molecule is C[C@@H](OC(=O)CSc1cc(F)ccc1F)C(=O)Nc1ccc2c(c1)OCO2. The number of rotatable bonds is 6. The highest BCUT2D eigenvalue weighted by molar-refractivity contribution is 8.00. The molecule has 3 rings (SSSR count). The van der Waals surface area contributed by atoms with Gasteiger partial charge in [-0.1, -0.05) is 0 Å². The van der Waals surface area contributed by atoms with Crippen LogP contribution in [0.5, 0.6) is 11.5 Å². The summed E-state index contributed by atoms with van der Waals surface area (Å²) >= 11 is 0.789. The van der Waals surface area contributed by atoms with Gasteiger partial charge in [-0.05, 0) is 37.3 Å². The minimum atomic E-state index is -1.07. The summed E-state index contributed by atoms with van der Waals surface area (Å²) in [6, 6.07) is 7.83. The zero-order chi connectivity index (χ0) is 19.4. The Bertz CT molecular complexity index is 877. The fourth-order valence-corrected chi connectivity index (χ4v) is 2.97. The van der Waals surface area contributed by atoms with Crippen molar-refractivity contribution in [3.63, 3.8) is 0 Å². The van der Waals surface area contributed by atoms with Crippen LogP contribution in [0.4, 0.5) is 14.5 Å². The molecule has 9 heteroatoms. The molecular formula is C18H15F2NO5S. The van der Waals surface area contributed by atoms with Gasteiger partial charge >= 0.3 is 5.97 Å². The predicted molar refractivity (Wildman–Crippen MR) is 93.8 cm³/mol. The van der Waals surface area contributed by atoms with Crippen molar-refractivity contribution in [3.05, 3.63) is 48.0 Å². The van der Waals surface area contributed by atoms with E-state index in [9.17, 15) is 18.4 Å². The first kappa shape index (κ1) is 19.0. The zero-order valence-electron chi connectivity index (χ0n) is 14.2. The Kier molecular flexibility index (Phi) is 5.80. The van der Waals surface area contributed by atoms with Gasteiger partial charge in [0, 0.05) is 16.6 Å². The summed E-state index contributed by atoms with van der Waals surface area (Å²) in [4.78, 5) is 24.0. The summed E-state index contributed by atoms with van der Waals surface area (Å²) in [6.07, 6.45) is -1.07. The van der Waals surface area contributed by atoms with Gasteiger partial charge in [0.2, 0.25) is 6.79 Å². The quantitative estimate of drug-likeness (QED) is 0.597. The fraction of sp³-hybridized carbons (Fsp3) is 0.222. The molecule has 0 aliphatic carbocycles. The molecule has 1 amide bonds. The summed E-state index contributed by atoms with van der Waals surface area (Å²) in [5, 5.41) is 2.60. The van der Waals surface area contributed by atoms with E-state index in [0.29, 0.717) is 17.2 Å². The highest BCUT2D eigenvalue weighted by Gasteiger charge is 2.20. The lowest BCUT2D eigenvalue weighted by molar-refractivity contribution is -0.150. The van der Waals surface area contributed by atoms with Crippen molar-refractivity contribution in [1.82, 2.24) is 0 Å². The smallest absolute Gasteiger partial charge is 0.317 e. The zero-order valence-corrected chi connectivity index (χ0v) is 15.0. The first-order chi connectivity index (χ1) is 12.9. The Morgan fingerprint density at radius 3 is 2.78 bits per heavy atom. The second kappa shape index (κ2) is 8.26. The van der Waals surface area contributed by atoms with Gasteiger partial charge in [-0.2, -0.15) is 0 Å². The van der Waals surface area contributed by atoms with Gasteiger partial charge in [0.15, 0.2) is 17.6 Å². The maximum absolute atomic E-state index is 13.5. The second-order valence-corrected chi connectivity index (χ2v) is 6.57. The summed E-state index contributed by atoms with van der Waals surface area (Å²) < 4.78 is 42.1. The third-order valence-electron chi connectivity index (χ3n) is 3.56. The van der Waals surface area contributed by atoms with Crippen molar-refractivity contribution in [3.8, 4) is 11.5 Å². The number of fused-ring (bicyclic) bond motifs is 1. The van der Waals surface area contributed by atoms with Gasteiger partial charge < -0.3 is 19.5 Å². The maximum Gasteiger partial charge on any atom is 0.317 e. The monoisotopic (exact) mass is 395 g/mol. The number of carbonyl (C=O) groups is 2. The number of ether oxygens (including phenoxy) is 3. The summed E-state index contributed by atoms with van der Waals surface area (Å²) in [6.45, 7) is 1.53. The number of halogens is 2. The molecule has 1 atom stereocenters. The van der Waals surface area contributed by atoms with E-state index in [1.807, 2.05) is 0 Å². The molecule has 1 heterocycles. The maximum atomic E-state index is 13.5. The molecule has 0 saturated carbocycles. The molecule has 0 saturated heterocycles. The molecule has 0 bridgehead atoms. The van der Waals surface area contributed by atoms with Crippen molar-refractivity contribution in [1.29, 1.82) is 0 Å². The van der Waals surface area contributed by atoms with Crippen molar-refractivity contribution in [2.75, 3.05) is 17.9 Å². The van der Waals surface area contributed by atoms with E-state index in [4.69, 9.17) is 14.2 Å². The highest BCUT2D eigenvalue weighted by atomic mass is 32.2. The van der Waals surface area contributed by atoms with Crippen molar-refractivity contribution in [2.45, 2.75) is 17.9 Å². The lowest BCUT2D eigenvalue weighted by Crippen LogP contribution is -2.30. The number of hydrogen-bond donors (Lipinski definition) is 1. The third kappa shape index (κ3) is 4.88. The normalized spacial score (nSPS) is 13.1. The number of amides is 1. The molecule has 1 N–H and O–H groups in total. The van der Waals surface area contributed by atoms with Gasteiger partial charge in [-0.25, -0.2) is 8.78 Å². The van der Waals surface area contributed by atoms with Crippen LogP contribution in [-0.4, -0.2) is 30.5 Å². The molecule has 0 fully saturated rings. The van der Waals surface area contributed by atoms with Crippen LogP contribution in [0, 0.1) is 11.6 Å². The van der Waals surface area contributed by atoms with E-state index < -0.39 is 29.6 Å². The fourth-order valence-electron chi connectivity index (χ4n) is 2.23. The van der Waals surface area contributed by atoms with E-state index in [0.717, 1.165) is 30.0 Å². The second-order valence-electron chi connectivity index (χ2n) is 5.55. The Balaban J connectivity index is 1.50. The van der Waals surface area contributed by atoms with E-state index in [2.05, 4.69) is 5.32 Å². The number of thioether (sulfide) groups is 1. The van der Waals surface area contributed by atoms with Crippen LogP contribution in [0.2, 0.25) is 0 Å². The topological polar surface area (TPSA) is 73.9 Å². The number of nitrogens with one attached hydrogen (secondary N) is 1. The third-order valence-corrected chi connectivity index (χ3v) is 4.56. The highest BCUT2D eigenvalue weighted by Crippen LogP contribution is 2.34. The average Bonchev–Trinajstić information content (AvgIpc) is 3.10. The van der Waals surface area contributed by atoms with Crippen molar-refractivity contribution in [2.24, 2.45) is 0 Å². The standard InChI is InChI=1S/C18H15F2NO5S/c1-10(18(23)21-12-3-5-14-15(7-12)25-9-24-14)26-17(22)8-27-16-6-11(19)2-4-13(16)20/h2-7,10H,8-9H2,1H3,(H,21,23)/t10-/m1/s1. The van der Waals surface area contributed by atoms with Crippen LogP contribution >= 0.6 is 11.8 Å². The Hall–Kier alpha value is -2.81. The molecule has 27 heavy (non-hydrogen) atoms. The minimum absolute atomic E-state index is 0.00980. The van der Waals surface area contributed by atoms with Gasteiger partial charge in [-0.15, -0.1) is 11.8 Å². The van der Waals surface area contributed by atoms with Gasteiger partial charge in [0.25, 0.3) is 5.91 Å². The molecule has 0 spiro atoms. The molecule has 1 aliphatic heterocycles. The summed E-state index contributed by atoms with van der Waals surface area (Å²) in [5.41, 5.74) is 0.461. The van der Waals surface area contributed by atoms with E-state index in [1.54, 1.807) is 18.2 Å². The lowest BCUT2D eigenvalue weighted by Gasteiger charge is -2.14. The lowest BCUT2D eigenvalue weighted by atomic mass is 10.2. The average molecular weight is 395 g/mol. The molecule has 0 unspecified atom stereocenters. The van der Waals surface area contributed by atoms with Gasteiger partial charge in [0.1, 0.15) is 11.6 Å². The van der Waals surface area contributed by atoms with Crippen molar-refractivity contribution >= 4 is 29.3 Å². The number of esters is 1. The van der Waals surface area contributed by atoms with E-state index in [-0.39, 0.29) is 17.4 Å². The van der Waals surface area contributed by atoms with Crippen molar-refractivity contribution < 1.29 is 32.6 Å². The number of hydrogen-bond acceptors (Lipinski definition) is 6. The minimum Gasteiger partial charge on any atom is -0.454 e. The number of anilines is 1. The Morgan fingerprint density at radius 2 is 1.96 bits per heavy atom. The number of carbonyl (C=O) groups excluding carboxylic acids is 2. The number of benzene rings is 2. The molecule has 2 aromatic rings. The van der Waals surface area contributed by atoms with Crippen LogP contribution in [-0.2, 0) is 14.3 Å². The largest absolute Gasteiger partial charge is 0.454 e. The molecule has 6 nitrogen and oxygen atoms in total. The van der Waals surface area contributed by atoms with Crippen LogP contribution in [0.3, 0.4) is 0 Å². The van der Waals surface area contributed by atoms with Crippen LogP contribution in [0.1, 0.15) is 6.92 Å². The molecule has 1 aliphatic rings. The summed E-state index contributed by atoms with van der Waals surface area (Å²) in [7, 11) is 0. The van der Waals surface area contributed by atoms with Crippen LogP contribution in [0.25, 0.3) is 0 Å². The Morgan fingerprint density at radius 1 is 1.19 bits per heavy atom. The molecule has 142 valence electrons. The first-order valence-electron chi connectivity index (χ1n) is 7.90. The van der Waals surface area contributed by atoms with Crippen LogP contribution in [0.15, 0.2) is 41.3 Å². The first-order valence-corrected chi connectivity index (χ1v) is 8.89. The van der Waals surface area contributed by atoms with Gasteiger partial charge in [0.05, 0.1) is 5.75 Å². The molecule has 0 aromatic heterocycles. The van der Waals surface area contributed by atoms with Crippen LogP contribution < -0.4 is 14.8 Å². The Labute approximate surface area is 157 Å². The van der Waals surface area contributed by atoms with Gasteiger partial charge in [-0.3, -0.25) is 9.59 Å². The van der Waals surface area contributed by atoms with E-state index >= 15 is 0 Å². The molecule has 0 radical (unpaired) electrons. The molecular weight excluding hydrogens is 380 g/mol.